The monoisotopic (exact) mass is 343 g/mol. The molecule has 1 fully saturated rings. The van der Waals surface area contributed by atoms with E-state index < -0.39 is 0 Å². The maximum absolute atomic E-state index is 12.7. The van der Waals surface area contributed by atoms with Gasteiger partial charge in [-0.05, 0) is 25.0 Å². The molecule has 2 aromatic rings. The summed E-state index contributed by atoms with van der Waals surface area (Å²) >= 11 is 0. The second-order valence-electron chi connectivity index (χ2n) is 6.17. The number of rotatable bonds is 4. The van der Waals surface area contributed by atoms with Crippen LogP contribution in [0.25, 0.3) is 0 Å². The van der Waals surface area contributed by atoms with E-state index in [0.29, 0.717) is 6.54 Å². The molecule has 1 aliphatic rings. The Balaban J connectivity index is 1.60. The predicted octanol–water partition coefficient (Wildman–Crippen LogP) is 1.58. The van der Waals surface area contributed by atoms with Crippen LogP contribution in [0, 0.1) is 0 Å². The quantitative estimate of drug-likeness (QED) is 0.912. The van der Waals surface area contributed by atoms with Crippen LogP contribution in [0.4, 0.5) is 10.7 Å². The van der Waals surface area contributed by atoms with E-state index in [2.05, 4.69) is 32.2 Å². The number of urea groups is 1. The molecule has 0 saturated carbocycles. The van der Waals surface area contributed by atoms with Crippen LogP contribution in [0.2, 0.25) is 0 Å². The van der Waals surface area contributed by atoms with Gasteiger partial charge in [0, 0.05) is 51.8 Å². The van der Waals surface area contributed by atoms with Crippen LogP contribution in [-0.4, -0.2) is 56.9 Å². The fourth-order valence-corrected chi connectivity index (χ4v) is 3.13. The second-order valence-corrected chi connectivity index (χ2v) is 6.17. The first-order valence-electron chi connectivity index (χ1n) is 8.74. The summed E-state index contributed by atoms with van der Waals surface area (Å²) in [4.78, 5) is 25.3. The number of aryl methyl sites for hydroxylation is 1. The Kier molecular flexibility index (Phi) is 5.47. The normalized spacial score (nSPS) is 16.4. The maximum Gasteiger partial charge on any atom is 0.317 e. The van der Waals surface area contributed by atoms with Crippen LogP contribution >= 0.6 is 0 Å². The predicted molar refractivity (Wildman–Crippen MR) is 95.2 cm³/mol. The smallest absolute Gasteiger partial charge is 0.317 e. The first kappa shape index (κ1) is 17.2. The Bertz CT molecular complexity index is 687. The summed E-state index contributed by atoms with van der Waals surface area (Å²) in [5.41, 5.74) is 1.02. The third-order valence-corrected chi connectivity index (χ3v) is 4.54. The van der Waals surface area contributed by atoms with Crippen molar-refractivity contribution in [3.05, 3.63) is 36.4 Å². The van der Waals surface area contributed by atoms with Crippen molar-refractivity contribution >= 4 is 12.0 Å². The van der Waals surface area contributed by atoms with E-state index in [1.54, 1.807) is 18.6 Å². The van der Waals surface area contributed by atoms with Gasteiger partial charge < -0.3 is 15.1 Å². The molecule has 3 rings (SSSR count). The fourth-order valence-electron chi connectivity index (χ4n) is 3.13. The highest BCUT2D eigenvalue weighted by molar-refractivity contribution is 5.74. The molecular weight excluding hydrogens is 318 g/mol. The van der Waals surface area contributed by atoms with Crippen molar-refractivity contribution in [2.24, 2.45) is 7.05 Å². The lowest BCUT2D eigenvalue weighted by molar-refractivity contribution is 0.196. The lowest BCUT2D eigenvalue weighted by Crippen LogP contribution is -2.43. The fraction of sp³-hybridized carbons (Fsp3) is 0.529. The Morgan fingerprint density at radius 2 is 2.00 bits per heavy atom. The van der Waals surface area contributed by atoms with E-state index in [0.717, 1.165) is 44.1 Å². The number of hydrogen-bond acceptors (Lipinski definition) is 5. The van der Waals surface area contributed by atoms with Crippen LogP contribution in [0.3, 0.4) is 0 Å². The highest BCUT2D eigenvalue weighted by Gasteiger charge is 2.23. The molecule has 8 heteroatoms. The van der Waals surface area contributed by atoms with Crippen LogP contribution in [0.15, 0.2) is 30.7 Å². The molecule has 1 saturated heterocycles. The molecule has 1 N–H and O–H groups in total. The molecule has 0 aliphatic carbocycles. The number of amides is 2. The van der Waals surface area contributed by atoms with Gasteiger partial charge in [-0.3, -0.25) is 4.68 Å². The first-order chi connectivity index (χ1) is 12.2. The maximum atomic E-state index is 12.7. The molecule has 8 nitrogen and oxygen atoms in total. The van der Waals surface area contributed by atoms with E-state index >= 15 is 0 Å². The molecule has 0 aromatic carbocycles. The lowest BCUT2D eigenvalue weighted by Gasteiger charge is -2.25. The van der Waals surface area contributed by atoms with Crippen molar-refractivity contribution in [1.82, 2.24) is 30.0 Å². The highest BCUT2D eigenvalue weighted by Crippen LogP contribution is 2.16. The van der Waals surface area contributed by atoms with Crippen molar-refractivity contribution in [2.75, 3.05) is 31.1 Å². The van der Waals surface area contributed by atoms with Gasteiger partial charge in [0.25, 0.3) is 0 Å². The van der Waals surface area contributed by atoms with Gasteiger partial charge in [-0.2, -0.15) is 5.10 Å². The van der Waals surface area contributed by atoms with Gasteiger partial charge in [-0.25, -0.2) is 14.8 Å². The van der Waals surface area contributed by atoms with E-state index in [-0.39, 0.29) is 12.1 Å². The van der Waals surface area contributed by atoms with Crippen LogP contribution in [-0.2, 0) is 7.05 Å². The third kappa shape index (κ3) is 4.07. The summed E-state index contributed by atoms with van der Waals surface area (Å²) < 4.78 is 1.81. The summed E-state index contributed by atoms with van der Waals surface area (Å²) in [5, 5.41) is 7.33. The molecule has 2 amide bonds. The Morgan fingerprint density at radius 3 is 2.68 bits per heavy atom. The van der Waals surface area contributed by atoms with Crippen LogP contribution in [0.5, 0.6) is 0 Å². The number of hydrogen-bond donors (Lipinski definition) is 1. The molecule has 0 bridgehead atoms. The van der Waals surface area contributed by atoms with Crippen molar-refractivity contribution in [2.45, 2.75) is 25.8 Å². The lowest BCUT2D eigenvalue weighted by atomic mass is 10.1. The van der Waals surface area contributed by atoms with Gasteiger partial charge in [0.05, 0.1) is 11.7 Å². The molecule has 0 radical (unpaired) electrons. The van der Waals surface area contributed by atoms with E-state index in [9.17, 15) is 4.79 Å². The SMILES string of the molecule is CC[C@H](NC(=O)N1CCCN(c2ncccn2)CC1)c1ccnn1C. The van der Waals surface area contributed by atoms with Crippen LogP contribution in [0.1, 0.15) is 31.5 Å². The standard InChI is InChI=1S/C17H25N7O/c1-3-14(15-6-9-20-22(15)2)21-17(25)24-11-5-10-23(12-13-24)16-18-7-4-8-19-16/h4,6-9,14H,3,5,10-13H2,1-2H3,(H,21,25)/t14-/m0/s1. The number of carbonyl (C=O) groups excluding carboxylic acids is 1. The molecule has 0 unspecified atom stereocenters. The van der Waals surface area contributed by atoms with Gasteiger partial charge in [-0.1, -0.05) is 6.92 Å². The van der Waals surface area contributed by atoms with E-state index in [4.69, 9.17) is 0 Å². The zero-order valence-corrected chi connectivity index (χ0v) is 14.8. The van der Waals surface area contributed by atoms with E-state index in [1.807, 2.05) is 28.8 Å². The van der Waals surface area contributed by atoms with Crippen molar-refractivity contribution in [3.63, 3.8) is 0 Å². The third-order valence-electron chi connectivity index (χ3n) is 4.54. The summed E-state index contributed by atoms with van der Waals surface area (Å²) in [6, 6.07) is 3.70. The minimum atomic E-state index is -0.0307. The average molecular weight is 343 g/mol. The molecule has 3 heterocycles. The van der Waals surface area contributed by atoms with Crippen molar-refractivity contribution in [3.8, 4) is 0 Å². The average Bonchev–Trinajstić information content (AvgIpc) is 2.92. The highest BCUT2D eigenvalue weighted by atomic mass is 16.2. The van der Waals surface area contributed by atoms with Crippen molar-refractivity contribution in [1.29, 1.82) is 0 Å². The van der Waals surface area contributed by atoms with Gasteiger partial charge in [0.15, 0.2) is 0 Å². The number of aromatic nitrogens is 4. The zero-order chi connectivity index (χ0) is 17.6. The van der Waals surface area contributed by atoms with Crippen molar-refractivity contribution < 1.29 is 4.79 Å². The summed E-state index contributed by atoms with van der Waals surface area (Å²) in [6.07, 6.45) is 6.97. The second kappa shape index (κ2) is 7.96. The number of nitrogens with zero attached hydrogens (tertiary/aromatic N) is 6. The summed E-state index contributed by atoms with van der Waals surface area (Å²) in [6.45, 7) is 5.05. The largest absolute Gasteiger partial charge is 0.339 e. The summed E-state index contributed by atoms with van der Waals surface area (Å²) in [5.74, 6) is 0.728. The number of nitrogens with one attached hydrogen (secondary N) is 1. The minimum absolute atomic E-state index is 0.0242. The van der Waals surface area contributed by atoms with E-state index in [1.165, 1.54) is 0 Å². The minimum Gasteiger partial charge on any atom is -0.339 e. The molecule has 0 spiro atoms. The molecule has 2 aromatic heterocycles. The van der Waals surface area contributed by atoms with Gasteiger partial charge >= 0.3 is 6.03 Å². The number of carbonyl (C=O) groups is 1. The summed E-state index contributed by atoms with van der Waals surface area (Å²) in [7, 11) is 1.90. The first-order valence-corrected chi connectivity index (χ1v) is 8.74. The Morgan fingerprint density at radius 1 is 1.20 bits per heavy atom. The molecule has 25 heavy (non-hydrogen) atoms. The van der Waals surface area contributed by atoms with Gasteiger partial charge in [0.2, 0.25) is 5.95 Å². The molecule has 134 valence electrons. The Hall–Kier alpha value is -2.64. The van der Waals surface area contributed by atoms with Crippen LogP contribution < -0.4 is 10.2 Å². The molecular formula is C17H25N7O. The molecule has 1 aliphatic heterocycles. The molecule has 1 atom stereocenters. The Labute approximate surface area is 147 Å². The number of anilines is 1. The topological polar surface area (TPSA) is 79.2 Å². The van der Waals surface area contributed by atoms with Gasteiger partial charge in [0.1, 0.15) is 0 Å². The van der Waals surface area contributed by atoms with Gasteiger partial charge in [-0.15, -0.1) is 0 Å². The zero-order valence-electron chi connectivity index (χ0n) is 14.8.